The molecule has 5 heteroatoms. The van der Waals surface area contributed by atoms with Crippen molar-refractivity contribution in [1.82, 2.24) is 4.98 Å². The second-order valence-electron chi connectivity index (χ2n) is 4.68. The van der Waals surface area contributed by atoms with Gasteiger partial charge in [0.25, 0.3) is 5.91 Å². The van der Waals surface area contributed by atoms with E-state index in [9.17, 15) is 4.79 Å². The Hall–Kier alpha value is -2.24. The summed E-state index contributed by atoms with van der Waals surface area (Å²) in [7, 11) is 0. The number of aromatic nitrogens is 1. The third-order valence-electron chi connectivity index (χ3n) is 3.26. The van der Waals surface area contributed by atoms with Crippen LogP contribution in [0.3, 0.4) is 0 Å². The molecule has 3 rings (SSSR count). The van der Waals surface area contributed by atoms with Gasteiger partial charge in [0.2, 0.25) is 0 Å². The lowest BCUT2D eigenvalue weighted by Crippen LogP contribution is -2.15. The molecule has 3 aromatic rings. The standard InChI is InChI=1S/C16H15N3OS/c17-8-7-11-3-1-2-4-13(11)16(20)19-12-5-6-14-15(9-12)21-10-18-14/h1-6,9-10H,7-8,17H2,(H,19,20). The molecule has 0 atom stereocenters. The van der Waals surface area contributed by atoms with E-state index in [1.165, 1.54) is 0 Å². The van der Waals surface area contributed by atoms with E-state index in [2.05, 4.69) is 10.3 Å². The Balaban J connectivity index is 1.85. The lowest BCUT2D eigenvalue weighted by atomic mass is 10.0. The van der Waals surface area contributed by atoms with E-state index in [1.807, 2.05) is 42.5 Å². The van der Waals surface area contributed by atoms with Crippen LogP contribution in [0.4, 0.5) is 5.69 Å². The van der Waals surface area contributed by atoms with Gasteiger partial charge in [0, 0.05) is 11.3 Å². The molecule has 0 radical (unpaired) electrons. The summed E-state index contributed by atoms with van der Waals surface area (Å²) in [5, 5.41) is 2.94. The first-order valence-corrected chi connectivity index (χ1v) is 7.58. The predicted molar refractivity (Wildman–Crippen MR) is 86.8 cm³/mol. The molecule has 1 amide bonds. The fourth-order valence-electron chi connectivity index (χ4n) is 2.25. The molecule has 106 valence electrons. The van der Waals surface area contributed by atoms with Gasteiger partial charge in [-0.15, -0.1) is 11.3 Å². The molecule has 1 aromatic heterocycles. The van der Waals surface area contributed by atoms with Crippen molar-refractivity contribution in [3.8, 4) is 0 Å². The van der Waals surface area contributed by atoms with Gasteiger partial charge >= 0.3 is 0 Å². The predicted octanol–water partition coefficient (Wildman–Crippen LogP) is 3.05. The molecule has 0 spiro atoms. The summed E-state index contributed by atoms with van der Waals surface area (Å²) in [5.41, 5.74) is 10.8. The Morgan fingerprint density at radius 1 is 1.24 bits per heavy atom. The van der Waals surface area contributed by atoms with Gasteiger partial charge in [-0.05, 0) is 42.8 Å². The van der Waals surface area contributed by atoms with E-state index in [4.69, 9.17) is 5.73 Å². The number of hydrogen-bond donors (Lipinski definition) is 2. The lowest BCUT2D eigenvalue weighted by molar-refractivity contribution is 0.102. The van der Waals surface area contributed by atoms with Crippen molar-refractivity contribution in [2.45, 2.75) is 6.42 Å². The van der Waals surface area contributed by atoms with Crippen molar-refractivity contribution < 1.29 is 4.79 Å². The average molecular weight is 297 g/mol. The highest BCUT2D eigenvalue weighted by Gasteiger charge is 2.11. The fraction of sp³-hybridized carbons (Fsp3) is 0.125. The SMILES string of the molecule is NCCc1ccccc1C(=O)Nc1ccc2ncsc2c1. The van der Waals surface area contributed by atoms with Crippen molar-refractivity contribution in [2.75, 3.05) is 11.9 Å². The van der Waals surface area contributed by atoms with Gasteiger partial charge in [0.05, 0.1) is 15.7 Å². The lowest BCUT2D eigenvalue weighted by Gasteiger charge is -2.09. The molecule has 1 heterocycles. The van der Waals surface area contributed by atoms with Crippen LogP contribution in [0.1, 0.15) is 15.9 Å². The molecule has 0 aliphatic heterocycles. The minimum absolute atomic E-state index is 0.108. The average Bonchev–Trinajstić information content (AvgIpc) is 2.95. The Kier molecular flexibility index (Phi) is 3.94. The first-order valence-electron chi connectivity index (χ1n) is 6.70. The van der Waals surface area contributed by atoms with Crippen LogP contribution < -0.4 is 11.1 Å². The quantitative estimate of drug-likeness (QED) is 0.777. The fourth-order valence-corrected chi connectivity index (χ4v) is 2.96. The number of carbonyl (C=O) groups excluding carboxylic acids is 1. The molecule has 0 saturated carbocycles. The zero-order valence-corrected chi connectivity index (χ0v) is 12.2. The Labute approximate surface area is 126 Å². The highest BCUT2D eigenvalue weighted by Crippen LogP contribution is 2.22. The molecule has 2 aromatic carbocycles. The maximum Gasteiger partial charge on any atom is 0.255 e. The molecular formula is C16H15N3OS. The normalized spacial score (nSPS) is 10.7. The topological polar surface area (TPSA) is 68.0 Å². The number of carbonyl (C=O) groups is 1. The summed E-state index contributed by atoms with van der Waals surface area (Å²) in [6.45, 7) is 0.525. The van der Waals surface area contributed by atoms with Gasteiger partial charge in [0.15, 0.2) is 0 Å². The molecule has 3 N–H and O–H groups in total. The van der Waals surface area contributed by atoms with Crippen molar-refractivity contribution in [3.05, 3.63) is 59.1 Å². The number of fused-ring (bicyclic) bond motifs is 1. The summed E-state index contributed by atoms with van der Waals surface area (Å²) in [5.74, 6) is -0.108. The largest absolute Gasteiger partial charge is 0.330 e. The van der Waals surface area contributed by atoms with Crippen molar-refractivity contribution in [1.29, 1.82) is 0 Å². The van der Waals surface area contributed by atoms with E-state index >= 15 is 0 Å². The molecule has 0 unspecified atom stereocenters. The molecule has 4 nitrogen and oxygen atoms in total. The van der Waals surface area contributed by atoms with Gasteiger partial charge in [-0.3, -0.25) is 4.79 Å². The highest BCUT2D eigenvalue weighted by molar-refractivity contribution is 7.16. The number of anilines is 1. The zero-order valence-electron chi connectivity index (χ0n) is 11.4. The van der Waals surface area contributed by atoms with Crippen LogP contribution in [0.25, 0.3) is 10.2 Å². The first-order chi connectivity index (χ1) is 10.3. The van der Waals surface area contributed by atoms with Crippen LogP contribution in [0, 0.1) is 0 Å². The second-order valence-corrected chi connectivity index (χ2v) is 5.57. The van der Waals surface area contributed by atoms with Gasteiger partial charge in [-0.2, -0.15) is 0 Å². The smallest absolute Gasteiger partial charge is 0.255 e. The third-order valence-corrected chi connectivity index (χ3v) is 4.06. The molecule has 0 aliphatic carbocycles. The third kappa shape index (κ3) is 2.94. The molecule has 21 heavy (non-hydrogen) atoms. The summed E-state index contributed by atoms with van der Waals surface area (Å²) in [6, 6.07) is 13.3. The molecule has 0 fully saturated rings. The second kappa shape index (κ2) is 6.03. The maximum absolute atomic E-state index is 12.4. The summed E-state index contributed by atoms with van der Waals surface area (Å²) >= 11 is 1.56. The van der Waals surface area contributed by atoms with Gasteiger partial charge in [-0.25, -0.2) is 4.98 Å². The van der Waals surface area contributed by atoms with E-state index < -0.39 is 0 Å². The number of hydrogen-bond acceptors (Lipinski definition) is 4. The maximum atomic E-state index is 12.4. The van der Waals surface area contributed by atoms with E-state index in [-0.39, 0.29) is 5.91 Å². The van der Waals surface area contributed by atoms with Crippen LogP contribution in [0.15, 0.2) is 48.0 Å². The number of nitrogens with two attached hydrogens (primary N) is 1. The van der Waals surface area contributed by atoms with Crippen molar-refractivity contribution in [2.24, 2.45) is 5.73 Å². The van der Waals surface area contributed by atoms with Crippen LogP contribution in [-0.2, 0) is 6.42 Å². The molecular weight excluding hydrogens is 282 g/mol. The van der Waals surface area contributed by atoms with Crippen LogP contribution in [-0.4, -0.2) is 17.4 Å². The molecule has 0 saturated heterocycles. The monoisotopic (exact) mass is 297 g/mol. The minimum Gasteiger partial charge on any atom is -0.330 e. The number of rotatable bonds is 4. The Morgan fingerprint density at radius 2 is 2.10 bits per heavy atom. The van der Waals surface area contributed by atoms with Crippen molar-refractivity contribution >= 4 is 33.1 Å². The highest BCUT2D eigenvalue weighted by atomic mass is 32.1. The molecule has 0 aliphatic rings. The van der Waals surface area contributed by atoms with Gasteiger partial charge in [-0.1, -0.05) is 18.2 Å². The van der Waals surface area contributed by atoms with Crippen LogP contribution in [0.2, 0.25) is 0 Å². The van der Waals surface area contributed by atoms with Crippen molar-refractivity contribution in [3.63, 3.8) is 0 Å². The minimum atomic E-state index is -0.108. The number of nitrogens with one attached hydrogen (secondary N) is 1. The zero-order chi connectivity index (χ0) is 14.7. The Bertz CT molecular complexity index is 782. The summed E-state index contributed by atoms with van der Waals surface area (Å²) in [4.78, 5) is 16.6. The Morgan fingerprint density at radius 3 is 2.95 bits per heavy atom. The number of thiazole rings is 1. The first kappa shape index (κ1) is 13.7. The van der Waals surface area contributed by atoms with Crippen LogP contribution >= 0.6 is 11.3 Å². The van der Waals surface area contributed by atoms with Crippen LogP contribution in [0.5, 0.6) is 0 Å². The van der Waals surface area contributed by atoms with Gasteiger partial charge < -0.3 is 11.1 Å². The van der Waals surface area contributed by atoms with E-state index in [0.29, 0.717) is 18.5 Å². The number of nitrogens with zero attached hydrogens (tertiary/aromatic N) is 1. The van der Waals surface area contributed by atoms with Gasteiger partial charge in [0.1, 0.15) is 0 Å². The number of benzene rings is 2. The van der Waals surface area contributed by atoms with E-state index in [1.54, 1.807) is 16.8 Å². The van der Waals surface area contributed by atoms with E-state index in [0.717, 1.165) is 21.5 Å². The summed E-state index contributed by atoms with van der Waals surface area (Å²) < 4.78 is 1.06. The molecule has 0 bridgehead atoms. The number of amides is 1. The summed E-state index contributed by atoms with van der Waals surface area (Å²) in [6.07, 6.45) is 0.692.